The van der Waals surface area contributed by atoms with Gasteiger partial charge in [0.25, 0.3) is 0 Å². The van der Waals surface area contributed by atoms with E-state index in [1.54, 1.807) is 7.05 Å². The van der Waals surface area contributed by atoms with E-state index in [4.69, 9.17) is 0 Å². The zero-order valence-corrected chi connectivity index (χ0v) is 11.5. The second kappa shape index (κ2) is 2.18. The van der Waals surface area contributed by atoms with Crippen molar-refractivity contribution in [2.45, 2.75) is 37.8 Å². The summed E-state index contributed by atoms with van der Waals surface area (Å²) in [4.78, 5) is 25.0. The smallest absolute Gasteiger partial charge is 0.246 e. The molecule has 8 rings (SSSR count). The molecule has 2 bridgehead atoms. The van der Waals surface area contributed by atoms with Crippen LogP contribution in [0.4, 0.5) is 0 Å². The fourth-order valence-electron chi connectivity index (χ4n) is 8.64. The lowest BCUT2D eigenvalue weighted by Crippen LogP contribution is -3.01. The molecule has 0 saturated heterocycles. The molecule has 0 radical (unpaired) electrons. The first-order valence-electron chi connectivity index (χ1n) is 8.08. The Bertz CT molecular complexity index is 779. The Kier molecular flexibility index (Phi) is 1.05. The minimum Gasteiger partial charge on any atom is -0.246 e. The van der Waals surface area contributed by atoms with Gasteiger partial charge in [-0.05, 0) is 36.5 Å². The van der Waals surface area contributed by atoms with Crippen LogP contribution in [0.3, 0.4) is 0 Å². The Morgan fingerprint density at radius 3 is 1.80 bits per heavy atom. The number of hydrogen-bond acceptors (Lipinski definition) is 2. The fraction of sp³-hybridized carbons (Fsp3) is 0.867. The first-order valence-corrected chi connectivity index (χ1v) is 8.08. The fourth-order valence-corrected chi connectivity index (χ4v) is 8.64. The van der Waals surface area contributed by atoms with Gasteiger partial charge in [-0.15, -0.1) is 0 Å². The van der Waals surface area contributed by atoms with Gasteiger partial charge in [-0.2, -0.15) is 0 Å². The molecule has 104 valence electrons. The number of hydrogen-bond donors (Lipinski definition) is 0. The topological polar surface area (TPSA) is 48.9 Å². The van der Waals surface area contributed by atoms with E-state index in [0.717, 1.165) is 23.7 Å². The highest BCUT2D eigenvalue weighted by Crippen LogP contribution is 3.04. The molecule has 5 saturated carbocycles. The maximum atomic E-state index is 12.5. The third-order valence-electron chi connectivity index (χ3n) is 8.66. The van der Waals surface area contributed by atoms with Crippen molar-refractivity contribution in [2.24, 2.45) is 41.5 Å². The van der Waals surface area contributed by atoms with Crippen LogP contribution < -0.4 is 11.4 Å². The lowest BCUT2D eigenvalue weighted by molar-refractivity contribution is -0.559. The summed E-state index contributed by atoms with van der Waals surface area (Å²) in [5, 5.41) is 0. The molecule has 0 N–H and O–H groups in total. The molecule has 20 heavy (non-hydrogen) atoms. The molecular formula is C15H17N3O2. The molecule has 5 nitrogen and oxygen atoms in total. The molecule has 5 aliphatic carbocycles. The van der Waals surface area contributed by atoms with Crippen LogP contribution in [0.2, 0.25) is 0 Å². The van der Waals surface area contributed by atoms with Gasteiger partial charge in [0.05, 0.1) is 12.1 Å². The first kappa shape index (κ1) is 9.64. The van der Waals surface area contributed by atoms with Crippen LogP contribution in [-0.4, -0.2) is 13.9 Å². The standard InChI is InChI=1S/C15H17N3O2/c1-16-12(19)17-10-6-7-9-8(6)14(10)4-2-3-5-15(9,14)11(7)18(17)13(16)20/h6-11H,2-5H2,1H3/t6-,7-,8-,9-,10+,11+,14+,15+/m1/s1. The van der Waals surface area contributed by atoms with Gasteiger partial charge >= 0.3 is 11.4 Å². The Morgan fingerprint density at radius 2 is 1.35 bits per heavy atom. The third kappa shape index (κ3) is 0.482. The summed E-state index contributed by atoms with van der Waals surface area (Å²) in [6.45, 7) is 0. The predicted molar refractivity (Wildman–Crippen MR) is 69.3 cm³/mol. The second-order valence-corrected chi connectivity index (χ2v) is 8.20. The summed E-state index contributed by atoms with van der Waals surface area (Å²) in [6, 6.07) is 0.739. The molecule has 0 unspecified atom stereocenters. The van der Waals surface area contributed by atoms with Gasteiger partial charge in [0, 0.05) is 17.9 Å². The molecule has 0 aromatic carbocycles. The van der Waals surface area contributed by atoms with Crippen molar-refractivity contribution in [3.05, 3.63) is 21.0 Å². The lowest BCUT2D eigenvalue weighted by atomic mass is 9.04. The normalized spacial score (nSPS) is 61.2. The Balaban J connectivity index is 1.65. The maximum Gasteiger partial charge on any atom is 0.347 e. The van der Waals surface area contributed by atoms with Gasteiger partial charge in [0.2, 0.25) is 0 Å². The van der Waals surface area contributed by atoms with Gasteiger partial charge < -0.3 is 0 Å². The minimum atomic E-state index is -0.0641. The second-order valence-electron chi connectivity index (χ2n) is 8.20. The van der Waals surface area contributed by atoms with E-state index in [2.05, 4.69) is 0 Å². The Hall–Kier alpha value is -1.26. The van der Waals surface area contributed by atoms with Crippen LogP contribution >= 0.6 is 0 Å². The summed E-state index contributed by atoms with van der Waals surface area (Å²) >= 11 is 0. The highest BCUT2D eigenvalue weighted by molar-refractivity contribution is 5.48. The molecule has 0 amide bonds. The van der Waals surface area contributed by atoms with Crippen molar-refractivity contribution in [3.63, 3.8) is 0 Å². The summed E-state index contributed by atoms with van der Waals surface area (Å²) in [5.41, 5.74) is 0.728. The molecule has 2 spiro atoms. The quantitative estimate of drug-likeness (QED) is 0.690. The van der Waals surface area contributed by atoms with E-state index in [0.29, 0.717) is 22.9 Å². The highest BCUT2D eigenvalue weighted by atomic mass is 16.2. The van der Waals surface area contributed by atoms with Gasteiger partial charge in [0.1, 0.15) is 0 Å². The van der Waals surface area contributed by atoms with Crippen LogP contribution in [0.5, 0.6) is 0 Å². The van der Waals surface area contributed by atoms with Gasteiger partial charge in [0.15, 0.2) is 0 Å². The van der Waals surface area contributed by atoms with E-state index in [1.807, 2.05) is 9.36 Å². The Labute approximate surface area is 115 Å². The number of rotatable bonds is 0. The van der Waals surface area contributed by atoms with Crippen molar-refractivity contribution in [1.29, 1.82) is 0 Å². The van der Waals surface area contributed by atoms with E-state index in [-0.39, 0.29) is 11.4 Å². The number of aromatic nitrogens is 3. The average molecular weight is 271 g/mol. The lowest BCUT2D eigenvalue weighted by Gasteiger charge is -3.02. The van der Waals surface area contributed by atoms with E-state index < -0.39 is 0 Å². The predicted octanol–water partition coefficient (Wildman–Crippen LogP) is 0.510. The van der Waals surface area contributed by atoms with Crippen molar-refractivity contribution in [2.75, 3.05) is 0 Å². The molecule has 5 fully saturated rings. The van der Waals surface area contributed by atoms with Crippen molar-refractivity contribution in [1.82, 2.24) is 13.9 Å². The van der Waals surface area contributed by atoms with Crippen molar-refractivity contribution in [3.8, 4) is 0 Å². The zero-order valence-electron chi connectivity index (χ0n) is 11.5. The molecule has 3 heterocycles. The van der Waals surface area contributed by atoms with Crippen LogP contribution in [0.15, 0.2) is 9.59 Å². The monoisotopic (exact) mass is 271 g/mol. The SMILES string of the molecule is Cn1c(=O)n2n(c1=O)[C@H]1[C@@H]3[C@@H]4[C@@H]5[C@@H]3[C@@]13CCCC[C@@]53[C@H]42. The van der Waals surface area contributed by atoms with Gasteiger partial charge in [-0.1, -0.05) is 12.8 Å². The van der Waals surface area contributed by atoms with E-state index >= 15 is 0 Å². The molecule has 5 heteroatoms. The molecule has 1 aromatic rings. The summed E-state index contributed by atoms with van der Waals surface area (Å²) in [7, 11) is 1.64. The first-order chi connectivity index (χ1) is 9.68. The summed E-state index contributed by atoms with van der Waals surface area (Å²) in [6.07, 6.45) is 5.29. The van der Waals surface area contributed by atoms with Gasteiger partial charge in [-0.25, -0.2) is 23.5 Å². The summed E-state index contributed by atoms with van der Waals surface area (Å²) < 4.78 is 5.12. The molecule has 8 atom stereocenters. The molecule has 1 aromatic heterocycles. The molecule has 2 aliphatic heterocycles. The van der Waals surface area contributed by atoms with Crippen LogP contribution in [0.25, 0.3) is 0 Å². The molecule has 7 aliphatic rings. The third-order valence-corrected chi connectivity index (χ3v) is 8.66. The largest absolute Gasteiger partial charge is 0.347 e. The van der Waals surface area contributed by atoms with Crippen molar-refractivity contribution >= 4 is 0 Å². The maximum absolute atomic E-state index is 12.5. The highest BCUT2D eigenvalue weighted by Gasteiger charge is 3.02. The van der Waals surface area contributed by atoms with Crippen LogP contribution in [-0.2, 0) is 7.05 Å². The van der Waals surface area contributed by atoms with Crippen molar-refractivity contribution < 1.29 is 0 Å². The van der Waals surface area contributed by atoms with Gasteiger partial charge in [-0.3, -0.25) is 0 Å². The Morgan fingerprint density at radius 1 is 0.900 bits per heavy atom. The zero-order chi connectivity index (χ0) is 13.2. The van der Waals surface area contributed by atoms with Crippen LogP contribution in [0.1, 0.15) is 37.8 Å². The molecular weight excluding hydrogens is 254 g/mol. The van der Waals surface area contributed by atoms with E-state index in [9.17, 15) is 9.59 Å². The average Bonchev–Trinajstić information content (AvgIpc) is 2.64. The van der Waals surface area contributed by atoms with Crippen LogP contribution in [0, 0.1) is 34.5 Å². The van der Waals surface area contributed by atoms with E-state index in [1.165, 1.54) is 30.3 Å². The minimum absolute atomic E-state index is 0.0641. The summed E-state index contributed by atoms with van der Waals surface area (Å²) in [5.74, 6) is 3.32. The number of nitrogens with zero attached hydrogens (tertiary/aromatic N) is 3.